The normalized spacial score (nSPS) is 11.3. The van der Waals surface area contributed by atoms with Crippen molar-refractivity contribution >= 4 is 15.7 Å². The lowest BCUT2D eigenvalue weighted by atomic mass is 10.1. The van der Waals surface area contributed by atoms with Crippen LogP contribution in [0.25, 0.3) is 16.9 Å². The van der Waals surface area contributed by atoms with Crippen LogP contribution in [0.3, 0.4) is 0 Å². The Labute approximate surface area is 187 Å². The maximum atomic E-state index is 12.7. The Morgan fingerprint density at radius 2 is 1.53 bits per heavy atom. The van der Waals surface area contributed by atoms with Crippen LogP contribution in [0.4, 0.5) is 0 Å². The van der Waals surface area contributed by atoms with Crippen molar-refractivity contribution in [2.24, 2.45) is 0 Å². The number of sulfone groups is 1. The molecule has 6 nitrogen and oxygen atoms in total. The molecule has 0 saturated carbocycles. The van der Waals surface area contributed by atoms with Crippen LogP contribution >= 0.6 is 0 Å². The van der Waals surface area contributed by atoms with Gasteiger partial charge in [0.15, 0.2) is 9.84 Å². The van der Waals surface area contributed by atoms with Crippen LogP contribution in [0, 0.1) is 0 Å². The second-order valence-electron chi connectivity index (χ2n) is 7.60. The van der Waals surface area contributed by atoms with E-state index in [4.69, 9.17) is 5.10 Å². The fourth-order valence-electron chi connectivity index (χ4n) is 3.42. The summed E-state index contributed by atoms with van der Waals surface area (Å²) < 4.78 is 24.7. The number of benzene rings is 3. The Kier molecular flexibility index (Phi) is 6.18. The molecule has 162 valence electrons. The Morgan fingerprint density at radius 3 is 2.16 bits per heavy atom. The molecule has 3 aromatic carbocycles. The molecule has 0 spiro atoms. The number of carbonyl (C=O) groups excluding carboxylic acids is 1. The number of carbonyl (C=O) groups is 1. The second-order valence-corrected chi connectivity index (χ2v) is 9.74. The van der Waals surface area contributed by atoms with E-state index in [1.54, 1.807) is 24.3 Å². The number of amides is 1. The minimum absolute atomic E-state index is 0.0476. The molecule has 4 rings (SSSR count). The SMILES string of the molecule is CS(=O)(=O)Cc1ccc(C(=O)NCc2cn(-c3ccccc3)nc2-c2ccccc2)cc1. The lowest BCUT2D eigenvalue weighted by Crippen LogP contribution is -2.22. The minimum atomic E-state index is -3.12. The molecule has 0 atom stereocenters. The van der Waals surface area contributed by atoms with Crippen LogP contribution in [0.2, 0.25) is 0 Å². The van der Waals surface area contributed by atoms with E-state index in [9.17, 15) is 13.2 Å². The molecule has 4 aromatic rings. The van der Waals surface area contributed by atoms with Crippen molar-refractivity contribution < 1.29 is 13.2 Å². The molecule has 0 radical (unpaired) electrons. The Hall–Kier alpha value is -3.71. The zero-order valence-electron chi connectivity index (χ0n) is 17.6. The first kappa shape index (κ1) is 21.5. The van der Waals surface area contributed by atoms with Crippen LogP contribution in [-0.2, 0) is 22.1 Å². The van der Waals surface area contributed by atoms with Crippen LogP contribution < -0.4 is 5.32 Å². The summed E-state index contributed by atoms with van der Waals surface area (Å²) in [4.78, 5) is 12.7. The lowest BCUT2D eigenvalue weighted by molar-refractivity contribution is 0.0951. The first-order chi connectivity index (χ1) is 15.4. The summed E-state index contributed by atoms with van der Waals surface area (Å²) in [5.41, 5.74) is 4.72. The number of aromatic nitrogens is 2. The van der Waals surface area contributed by atoms with Crippen molar-refractivity contribution in [3.8, 4) is 16.9 Å². The summed E-state index contributed by atoms with van der Waals surface area (Å²) in [6.07, 6.45) is 3.11. The van der Waals surface area contributed by atoms with Crippen LogP contribution in [0.15, 0.2) is 91.1 Å². The molecule has 0 fully saturated rings. The van der Waals surface area contributed by atoms with E-state index < -0.39 is 9.84 Å². The van der Waals surface area contributed by atoms with Gasteiger partial charge in [0.2, 0.25) is 0 Å². The van der Waals surface area contributed by atoms with Crippen molar-refractivity contribution in [3.63, 3.8) is 0 Å². The van der Waals surface area contributed by atoms with E-state index in [0.717, 1.165) is 22.5 Å². The minimum Gasteiger partial charge on any atom is -0.348 e. The van der Waals surface area contributed by atoms with Gasteiger partial charge >= 0.3 is 0 Å². The molecular weight excluding hydrogens is 422 g/mol. The Balaban J connectivity index is 1.54. The van der Waals surface area contributed by atoms with E-state index in [2.05, 4.69) is 5.32 Å². The zero-order valence-corrected chi connectivity index (χ0v) is 18.4. The number of nitrogens with zero attached hydrogens (tertiary/aromatic N) is 2. The topological polar surface area (TPSA) is 81.1 Å². The number of para-hydroxylation sites is 1. The van der Waals surface area contributed by atoms with E-state index in [0.29, 0.717) is 17.7 Å². The van der Waals surface area contributed by atoms with Gasteiger partial charge in [0, 0.05) is 35.7 Å². The third kappa shape index (κ3) is 5.31. The van der Waals surface area contributed by atoms with Gasteiger partial charge in [0.1, 0.15) is 0 Å². The first-order valence-electron chi connectivity index (χ1n) is 10.1. The molecule has 1 N–H and O–H groups in total. The highest BCUT2D eigenvalue weighted by Crippen LogP contribution is 2.23. The molecule has 0 bridgehead atoms. The number of rotatable bonds is 7. The van der Waals surface area contributed by atoms with E-state index in [1.807, 2.05) is 71.5 Å². The first-order valence-corrected chi connectivity index (χ1v) is 12.2. The highest BCUT2D eigenvalue weighted by atomic mass is 32.2. The average Bonchev–Trinajstić information content (AvgIpc) is 3.22. The quantitative estimate of drug-likeness (QED) is 0.466. The highest BCUT2D eigenvalue weighted by molar-refractivity contribution is 7.89. The Morgan fingerprint density at radius 1 is 0.906 bits per heavy atom. The van der Waals surface area contributed by atoms with Crippen LogP contribution in [-0.4, -0.2) is 30.4 Å². The standard InChI is InChI=1S/C25H23N3O3S/c1-32(30,31)18-19-12-14-21(15-13-19)25(29)26-16-22-17-28(23-10-6-3-7-11-23)27-24(22)20-8-4-2-5-9-20/h2-15,17H,16,18H2,1H3,(H,26,29). The Bertz CT molecular complexity index is 1310. The molecule has 0 aliphatic rings. The fraction of sp³-hybridized carbons (Fsp3) is 0.120. The van der Waals surface area contributed by atoms with Gasteiger partial charge in [-0.3, -0.25) is 4.79 Å². The molecule has 1 aromatic heterocycles. The molecule has 1 amide bonds. The van der Waals surface area contributed by atoms with Crippen LogP contribution in [0.5, 0.6) is 0 Å². The summed E-state index contributed by atoms with van der Waals surface area (Å²) in [5.74, 6) is -0.282. The summed E-state index contributed by atoms with van der Waals surface area (Å²) >= 11 is 0. The maximum absolute atomic E-state index is 12.7. The van der Waals surface area contributed by atoms with Crippen molar-refractivity contribution in [1.82, 2.24) is 15.1 Å². The smallest absolute Gasteiger partial charge is 0.251 e. The predicted molar refractivity (Wildman–Crippen MR) is 125 cm³/mol. The number of nitrogens with one attached hydrogen (secondary N) is 1. The highest BCUT2D eigenvalue weighted by Gasteiger charge is 2.14. The second kappa shape index (κ2) is 9.20. The molecule has 0 aliphatic carbocycles. The third-order valence-electron chi connectivity index (χ3n) is 4.94. The summed E-state index contributed by atoms with van der Waals surface area (Å²) in [6, 6.07) is 26.3. The molecule has 0 saturated heterocycles. The average molecular weight is 446 g/mol. The van der Waals surface area contributed by atoms with Crippen LogP contribution in [0.1, 0.15) is 21.5 Å². The van der Waals surface area contributed by atoms with Gasteiger partial charge < -0.3 is 5.32 Å². The van der Waals surface area contributed by atoms with Gasteiger partial charge in [-0.1, -0.05) is 60.7 Å². The van der Waals surface area contributed by atoms with Crippen molar-refractivity contribution in [2.45, 2.75) is 12.3 Å². The van der Waals surface area contributed by atoms with Crippen molar-refractivity contribution in [2.75, 3.05) is 6.26 Å². The van der Waals surface area contributed by atoms with E-state index in [-0.39, 0.29) is 11.7 Å². The van der Waals surface area contributed by atoms with Crippen molar-refractivity contribution in [1.29, 1.82) is 0 Å². The lowest BCUT2D eigenvalue weighted by Gasteiger charge is -2.07. The van der Waals surface area contributed by atoms with E-state index in [1.165, 1.54) is 6.26 Å². The summed E-state index contributed by atoms with van der Waals surface area (Å²) in [5, 5.41) is 7.70. The molecule has 1 heterocycles. The summed E-state index contributed by atoms with van der Waals surface area (Å²) in [6.45, 7) is 0.307. The van der Waals surface area contributed by atoms with Gasteiger partial charge in [-0.25, -0.2) is 13.1 Å². The van der Waals surface area contributed by atoms with E-state index >= 15 is 0 Å². The molecule has 7 heteroatoms. The fourth-order valence-corrected chi connectivity index (χ4v) is 4.22. The molecule has 0 aliphatic heterocycles. The summed E-state index contributed by atoms with van der Waals surface area (Å²) in [7, 11) is -3.12. The zero-order chi connectivity index (χ0) is 22.6. The van der Waals surface area contributed by atoms with Gasteiger partial charge in [-0.15, -0.1) is 0 Å². The van der Waals surface area contributed by atoms with Gasteiger partial charge in [0.05, 0.1) is 17.1 Å². The number of hydrogen-bond acceptors (Lipinski definition) is 4. The largest absolute Gasteiger partial charge is 0.348 e. The van der Waals surface area contributed by atoms with Crippen molar-refractivity contribution in [3.05, 3.63) is 108 Å². The number of hydrogen-bond donors (Lipinski definition) is 1. The molecular formula is C25H23N3O3S. The molecule has 0 unspecified atom stereocenters. The van der Waals surface area contributed by atoms with Gasteiger partial charge in [-0.05, 0) is 29.8 Å². The monoisotopic (exact) mass is 445 g/mol. The third-order valence-corrected chi connectivity index (χ3v) is 5.80. The van der Waals surface area contributed by atoms with Gasteiger partial charge in [-0.2, -0.15) is 5.10 Å². The predicted octanol–water partition coefficient (Wildman–Crippen LogP) is 4.01. The van der Waals surface area contributed by atoms with Gasteiger partial charge in [0.25, 0.3) is 5.91 Å². The maximum Gasteiger partial charge on any atom is 0.251 e. The molecule has 32 heavy (non-hydrogen) atoms.